The highest BCUT2D eigenvalue weighted by atomic mass is 16.3. The number of β-amino-alcohol motifs (C(OH)–C–C–N with tert-alkyl or cyclic N) is 1. The van der Waals surface area contributed by atoms with Gasteiger partial charge >= 0.3 is 0 Å². The fraction of sp³-hybridized carbons (Fsp3) is 0.438. The molecule has 0 spiro atoms. The van der Waals surface area contributed by atoms with E-state index in [4.69, 9.17) is 9.90 Å². The lowest BCUT2D eigenvalue weighted by Gasteiger charge is -2.14. The second-order valence-corrected chi connectivity index (χ2v) is 6.48. The van der Waals surface area contributed by atoms with Crippen molar-refractivity contribution in [1.29, 1.82) is 0 Å². The molecule has 0 amide bonds. The fourth-order valence-corrected chi connectivity index (χ4v) is 3.30. The van der Waals surface area contributed by atoms with Crippen LogP contribution in [0, 0.1) is 12.8 Å². The lowest BCUT2D eigenvalue weighted by atomic mass is 10.0. The molecule has 1 fully saturated rings. The molecule has 4 N–H and O–H groups in total. The van der Waals surface area contributed by atoms with Gasteiger partial charge in [0.2, 0.25) is 0 Å². The molecule has 4 heterocycles. The van der Waals surface area contributed by atoms with E-state index in [0.717, 1.165) is 24.4 Å². The average molecular weight is 375 g/mol. The standard InChI is InChI=1S/C15H19N7O2.CH2O2/c1-9-2-11(20-19-9)3-10-5-21(7-13(10)23)6-12-4-14(24)22-15(18-12)16-8-17-22;2-1-3/h2,4,8,10,13,23H,3,5-7H2,1H3,(H,19,20)(H,16,17,18);1H,(H,2,3)/t10-,13+;/m1./s1. The molecular formula is C16H21N7O4. The van der Waals surface area contributed by atoms with Gasteiger partial charge in [0.15, 0.2) is 0 Å². The average Bonchev–Trinajstić information content (AvgIpc) is 3.31. The maximum absolute atomic E-state index is 12.0. The third-order valence-electron chi connectivity index (χ3n) is 4.42. The van der Waals surface area contributed by atoms with Crippen molar-refractivity contribution in [3.05, 3.63) is 45.9 Å². The summed E-state index contributed by atoms with van der Waals surface area (Å²) in [5.41, 5.74) is 2.46. The minimum absolute atomic E-state index is 0.128. The van der Waals surface area contributed by atoms with Crippen LogP contribution in [0.5, 0.6) is 0 Å². The smallest absolute Gasteiger partial charge is 0.290 e. The fourth-order valence-electron chi connectivity index (χ4n) is 3.30. The number of carbonyl (C=O) groups is 1. The topological polar surface area (TPSA) is 152 Å². The van der Waals surface area contributed by atoms with Gasteiger partial charge in [0, 0.05) is 37.3 Å². The molecule has 3 aromatic heterocycles. The molecule has 2 atom stereocenters. The Morgan fingerprint density at radius 1 is 1.33 bits per heavy atom. The molecule has 0 bridgehead atoms. The number of likely N-dealkylation sites (tertiary alicyclic amines) is 1. The van der Waals surface area contributed by atoms with Crippen LogP contribution in [-0.4, -0.2) is 70.6 Å². The normalized spacial score (nSPS) is 19.8. The minimum atomic E-state index is -0.405. The number of hydrogen-bond donors (Lipinski definition) is 4. The molecule has 4 rings (SSSR count). The first-order valence-corrected chi connectivity index (χ1v) is 8.41. The molecule has 11 nitrogen and oxygen atoms in total. The lowest BCUT2D eigenvalue weighted by molar-refractivity contribution is -0.122. The van der Waals surface area contributed by atoms with E-state index >= 15 is 0 Å². The molecule has 3 aromatic rings. The number of nitrogens with one attached hydrogen (secondary N) is 2. The van der Waals surface area contributed by atoms with Crippen molar-refractivity contribution in [2.75, 3.05) is 13.1 Å². The van der Waals surface area contributed by atoms with E-state index in [9.17, 15) is 9.90 Å². The Bertz CT molecular complexity index is 963. The van der Waals surface area contributed by atoms with Gasteiger partial charge in [0.05, 0.1) is 17.5 Å². The Kier molecular flexibility index (Phi) is 5.62. The van der Waals surface area contributed by atoms with Crippen molar-refractivity contribution in [2.45, 2.75) is 26.0 Å². The van der Waals surface area contributed by atoms with Crippen LogP contribution in [0.2, 0.25) is 0 Å². The SMILES string of the molecule is Cc1cc(C[C@@H]2CN(Cc3cc(=O)n4[nH]cnc4n3)C[C@@H]2O)n[nH]1.O=CO. The van der Waals surface area contributed by atoms with Gasteiger partial charge < -0.3 is 10.2 Å². The molecule has 27 heavy (non-hydrogen) atoms. The van der Waals surface area contributed by atoms with E-state index in [2.05, 4.69) is 30.2 Å². The summed E-state index contributed by atoms with van der Waals surface area (Å²) in [4.78, 5) is 30.8. The number of carboxylic acid groups (broad SMARTS) is 1. The molecule has 0 radical (unpaired) electrons. The predicted molar refractivity (Wildman–Crippen MR) is 94.1 cm³/mol. The third-order valence-corrected chi connectivity index (χ3v) is 4.42. The Hall–Kier alpha value is -3.05. The van der Waals surface area contributed by atoms with Gasteiger partial charge in [-0.25, -0.2) is 9.97 Å². The molecular weight excluding hydrogens is 354 g/mol. The summed E-state index contributed by atoms with van der Waals surface area (Å²) in [5.74, 6) is 0.490. The number of aliphatic hydroxyl groups excluding tert-OH is 1. The summed E-state index contributed by atoms with van der Waals surface area (Å²) in [7, 11) is 0. The number of aryl methyl sites for hydroxylation is 1. The second kappa shape index (κ2) is 8.10. The molecule has 0 aliphatic carbocycles. The maximum Gasteiger partial charge on any atom is 0.290 e. The number of H-pyrrole nitrogens is 2. The van der Waals surface area contributed by atoms with Crippen molar-refractivity contribution in [3.63, 3.8) is 0 Å². The first-order valence-electron chi connectivity index (χ1n) is 8.41. The number of aliphatic hydroxyl groups is 1. The monoisotopic (exact) mass is 375 g/mol. The van der Waals surface area contributed by atoms with Gasteiger partial charge in [0.1, 0.15) is 6.33 Å². The first-order chi connectivity index (χ1) is 13.0. The Morgan fingerprint density at radius 3 is 2.81 bits per heavy atom. The number of aromatic nitrogens is 6. The zero-order valence-corrected chi connectivity index (χ0v) is 14.7. The second-order valence-electron chi connectivity index (χ2n) is 6.48. The largest absolute Gasteiger partial charge is 0.483 e. The van der Waals surface area contributed by atoms with Crippen LogP contribution in [-0.2, 0) is 17.8 Å². The first kappa shape index (κ1) is 18.7. The molecule has 1 aliphatic heterocycles. The minimum Gasteiger partial charge on any atom is -0.483 e. The Balaban J connectivity index is 0.000000659. The molecule has 0 aromatic carbocycles. The third kappa shape index (κ3) is 4.38. The summed E-state index contributed by atoms with van der Waals surface area (Å²) in [5, 5.41) is 27.1. The van der Waals surface area contributed by atoms with Gasteiger partial charge in [-0.3, -0.25) is 24.7 Å². The van der Waals surface area contributed by atoms with E-state index in [1.54, 1.807) is 0 Å². The Morgan fingerprint density at radius 2 is 2.11 bits per heavy atom. The number of rotatable bonds is 4. The summed E-state index contributed by atoms with van der Waals surface area (Å²) in [6.45, 7) is 3.54. The van der Waals surface area contributed by atoms with Crippen LogP contribution < -0.4 is 5.56 Å². The molecule has 0 saturated carbocycles. The number of nitrogens with zero attached hydrogens (tertiary/aromatic N) is 5. The van der Waals surface area contributed by atoms with Crippen LogP contribution in [0.4, 0.5) is 0 Å². The maximum atomic E-state index is 12.0. The van der Waals surface area contributed by atoms with E-state index in [0.29, 0.717) is 24.6 Å². The number of hydrogen-bond acceptors (Lipinski definition) is 7. The zero-order chi connectivity index (χ0) is 19.4. The summed E-state index contributed by atoms with van der Waals surface area (Å²) in [6.07, 6.45) is 1.77. The van der Waals surface area contributed by atoms with Crippen molar-refractivity contribution in [2.24, 2.45) is 5.92 Å². The summed E-state index contributed by atoms with van der Waals surface area (Å²) < 4.78 is 1.30. The van der Waals surface area contributed by atoms with E-state index in [1.165, 1.54) is 16.9 Å². The predicted octanol–water partition coefficient (Wildman–Crippen LogP) is -0.815. The van der Waals surface area contributed by atoms with Crippen molar-refractivity contribution < 1.29 is 15.0 Å². The highest BCUT2D eigenvalue weighted by molar-refractivity contribution is 5.32. The van der Waals surface area contributed by atoms with Crippen LogP contribution in [0.3, 0.4) is 0 Å². The number of fused-ring (bicyclic) bond motifs is 1. The van der Waals surface area contributed by atoms with E-state index in [-0.39, 0.29) is 17.9 Å². The molecule has 144 valence electrons. The van der Waals surface area contributed by atoms with Crippen LogP contribution in [0.15, 0.2) is 23.3 Å². The van der Waals surface area contributed by atoms with E-state index < -0.39 is 6.10 Å². The highest BCUT2D eigenvalue weighted by Gasteiger charge is 2.32. The number of aromatic amines is 2. The molecule has 0 unspecified atom stereocenters. The van der Waals surface area contributed by atoms with Gasteiger partial charge in [-0.05, 0) is 19.4 Å². The quantitative estimate of drug-likeness (QED) is 0.432. The van der Waals surface area contributed by atoms with Crippen molar-refractivity contribution >= 4 is 12.2 Å². The van der Waals surface area contributed by atoms with Crippen molar-refractivity contribution in [1.82, 2.24) is 34.7 Å². The van der Waals surface area contributed by atoms with Gasteiger partial charge in [0.25, 0.3) is 17.8 Å². The summed E-state index contributed by atoms with van der Waals surface area (Å²) in [6, 6.07) is 3.51. The Labute approximate surface area is 153 Å². The van der Waals surface area contributed by atoms with Gasteiger partial charge in [-0.15, -0.1) is 0 Å². The van der Waals surface area contributed by atoms with E-state index in [1.807, 2.05) is 13.0 Å². The molecule has 1 aliphatic rings. The van der Waals surface area contributed by atoms with Crippen LogP contribution in [0.25, 0.3) is 5.78 Å². The molecule has 1 saturated heterocycles. The summed E-state index contributed by atoms with van der Waals surface area (Å²) >= 11 is 0. The van der Waals surface area contributed by atoms with Gasteiger partial charge in [-0.2, -0.15) is 9.61 Å². The lowest BCUT2D eigenvalue weighted by Crippen LogP contribution is -2.24. The zero-order valence-electron chi connectivity index (χ0n) is 14.7. The van der Waals surface area contributed by atoms with Gasteiger partial charge in [-0.1, -0.05) is 0 Å². The van der Waals surface area contributed by atoms with Crippen LogP contribution >= 0.6 is 0 Å². The van der Waals surface area contributed by atoms with Crippen molar-refractivity contribution in [3.8, 4) is 0 Å². The van der Waals surface area contributed by atoms with Crippen LogP contribution in [0.1, 0.15) is 17.1 Å². The molecule has 11 heteroatoms. The highest BCUT2D eigenvalue weighted by Crippen LogP contribution is 2.22.